The minimum atomic E-state index is 0.542. The summed E-state index contributed by atoms with van der Waals surface area (Å²) in [6.07, 6.45) is 6.61. The van der Waals surface area contributed by atoms with Crippen molar-refractivity contribution in [1.82, 2.24) is 5.32 Å². The Morgan fingerprint density at radius 2 is 1.94 bits per heavy atom. The van der Waals surface area contributed by atoms with E-state index in [1.807, 2.05) is 12.1 Å². The average molecular weight is 266 g/mol. The Morgan fingerprint density at radius 3 is 2.50 bits per heavy atom. The molecule has 0 aliphatic heterocycles. The number of rotatable bonds is 7. The van der Waals surface area contributed by atoms with Gasteiger partial charge >= 0.3 is 0 Å². The fourth-order valence-electron chi connectivity index (χ4n) is 2.66. The molecule has 1 fully saturated rings. The molecule has 0 spiro atoms. The van der Waals surface area contributed by atoms with Crippen molar-refractivity contribution in [3.63, 3.8) is 0 Å². The number of benzene rings is 1. The van der Waals surface area contributed by atoms with Crippen LogP contribution in [-0.4, -0.2) is 12.6 Å². The molecule has 1 nitrogen and oxygen atoms in total. The standard InChI is InChI=1S/C16H24ClN/c1-3-8-16(9-10-16)12-18-13(2)11-14-4-6-15(17)7-5-14/h4-7,13,18H,3,8-12H2,1-2H3. The van der Waals surface area contributed by atoms with Gasteiger partial charge in [0, 0.05) is 17.6 Å². The maximum atomic E-state index is 5.90. The van der Waals surface area contributed by atoms with Crippen LogP contribution in [0.4, 0.5) is 0 Å². The van der Waals surface area contributed by atoms with Gasteiger partial charge in [-0.1, -0.05) is 37.1 Å². The Morgan fingerprint density at radius 1 is 1.28 bits per heavy atom. The SMILES string of the molecule is CCCC1(CNC(C)Cc2ccc(Cl)cc2)CC1. The van der Waals surface area contributed by atoms with E-state index in [-0.39, 0.29) is 0 Å². The summed E-state index contributed by atoms with van der Waals surface area (Å²) in [5.41, 5.74) is 2.00. The zero-order chi connectivity index (χ0) is 13.0. The number of hydrogen-bond acceptors (Lipinski definition) is 1. The van der Waals surface area contributed by atoms with Gasteiger partial charge in [-0.15, -0.1) is 0 Å². The number of halogens is 1. The van der Waals surface area contributed by atoms with Crippen LogP contribution in [0.25, 0.3) is 0 Å². The Balaban J connectivity index is 1.75. The van der Waals surface area contributed by atoms with Crippen LogP contribution >= 0.6 is 11.6 Å². The van der Waals surface area contributed by atoms with E-state index in [4.69, 9.17) is 11.6 Å². The van der Waals surface area contributed by atoms with Crippen LogP contribution in [0.5, 0.6) is 0 Å². The Hall–Kier alpha value is -0.530. The van der Waals surface area contributed by atoms with E-state index in [0.29, 0.717) is 11.5 Å². The summed E-state index contributed by atoms with van der Waals surface area (Å²) >= 11 is 5.90. The van der Waals surface area contributed by atoms with Crippen LogP contribution in [-0.2, 0) is 6.42 Å². The van der Waals surface area contributed by atoms with E-state index in [9.17, 15) is 0 Å². The van der Waals surface area contributed by atoms with Crippen molar-refractivity contribution >= 4 is 11.6 Å². The van der Waals surface area contributed by atoms with E-state index in [0.717, 1.165) is 11.4 Å². The molecule has 0 radical (unpaired) electrons. The molecule has 1 aliphatic carbocycles. The molecule has 18 heavy (non-hydrogen) atoms. The lowest BCUT2D eigenvalue weighted by molar-refractivity contribution is 0.392. The molecule has 1 saturated carbocycles. The van der Waals surface area contributed by atoms with Crippen LogP contribution in [0.3, 0.4) is 0 Å². The second kappa shape index (κ2) is 6.08. The van der Waals surface area contributed by atoms with Crippen molar-refractivity contribution in [2.24, 2.45) is 5.41 Å². The molecule has 1 N–H and O–H groups in total. The van der Waals surface area contributed by atoms with Crippen molar-refractivity contribution < 1.29 is 0 Å². The summed E-state index contributed by atoms with van der Waals surface area (Å²) in [6, 6.07) is 8.74. The molecule has 2 heteroatoms. The predicted molar refractivity (Wildman–Crippen MR) is 79.2 cm³/mol. The zero-order valence-electron chi connectivity index (χ0n) is 11.5. The van der Waals surface area contributed by atoms with Gasteiger partial charge in [0.05, 0.1) is 0 Å². The smallest absolute Gasteiger partial charge is 0.0406 e. The Bertz CT molecular complexity index is 367. The van der Waals surface area contributed by atoms with Crippen LogP contribution in [0, 0.1) is 5.41 Å². The summed E-state index contributed by atoms with van der Waals surface area (Å²) in [5, 5.41) is 4.52. The highest BCUT2D eigenvalue weighted by Crippen LogP contribution is 2.48. The molecule has 0 heterocycles. The van der Waals surface area contributed by atoms with Gasteiger partial charge in [0.15, 0.2) is 0 Å². The molecule has 0 saturated heterocycles. The highest BCUT2D eigenvalue weighted by molar-refractivity contribution is 6.30. The van der Waals surface area contributed by atoms with Crippen molar-refractivity contribution in [3.05, 3.63) is 34.9 Å². The monoisotopic (exact) mass is 265 g/mol. The normalized spacial score (nSPS) is 18.6. The average Bonchev–Trinajstić information content (AvgIpc) is 3.11. The van der Waals surface area contributed by atoms with Gasteiger partial charge in [-0.25, -0.2) is 0 Å². The van der Waals surface area contributed by atoms with Crippen molar-refractivity contribution in [2.45, 2.75) is 52.0 Å². The fraction of sp³-hybridized carbons (Fsp3) is 0.625. The van der Waals surface area contributed by atoms with Gasteiger partial charge in [0.2, 0.25) is 0 Å². The number of hydrogen-bond donors (Lipinski definition) is 1. The molecule has 0 amide bonds. The number of nitrogens with one attached hydrogen (secondary N) is 1. The van der Waals surface area contributed by atoms with Gasteiger partial charge in [-0.3, -0.25) is 0 Å². The summed E-state index contributed by atoms with van der Waals surface area (Å²) in [7, 11) is 0. The summed E-state index contributed by atoms with van der Waals surface area (Å²) < 4.78 is 0. The van der Waals surface area contributed by atoms with E-state index in [2.05, 4.69) is 31.3 Å². The Labute approximate surface area is 116 Å². The third-order valence-corrected chi connectivity index (χ3v) is 4.27. The molecule has 0 aromatic heterocycles. The van der Waals surface area contributed by atoms with E-state index < -0.39 is 0 Å². The quantitative estimate of drug-likeness (QED) is 0.769. The van der Waals surface area contributed by atoms with Gasteiger partial charge in [-0.05, 0) is 55.7 Å². The largest absolute Gasteiger partial charge is 0.313 e. The molecule has 1 unspecified atom stereocenters. The molecule has 1 aromatic carbocycles. The van der Waals surface area contributed by atoms with Crippen molar-refractivity contribution in [3.8, 4) is 0 Å². The first-order valence-corrected chi connectivity index (χ1v) is 7.49. The minimum absolute atomic E-state index is 0.542. The van der Waals surface area contributed by atoms with E-state index in [1.165, 1.54) is 37.8 Å². The van der Waals surface area contributed by atoms with Gasteiger partial charge in [0.25, 0.3) is 0 Å². The summed E-state index contributed by atoms with van der Waals surface area (Å²) in [6.45, 7) is 5.75. The lowest BCUT2D eigenvalue weighted by atomic mass is 9.99. The summed E-state index contributed by atoms with van der Waals surface area (Å²) in [4.78, 5) is 0. The first kappa shape index (κ1) is 13.9. The third kappa shape index (κ3) is 4.00. The van der Waals surface area contributed by atoms with Crippen LogP contribution in [0.2, 0.25) is 5.02 Å². The molecule has 1 aromatic rings. The minimum Gasteiger partial charge on any atom is -0.313 e. The summed E-state index contributed by atoms with van der Waals surface area (Å²) in [5.74, 6) is 0. The Kier molecular flexibility index (Phi) is 4.69. The first-order valence-electron chi connectivity index (χ1n) is 7.11. The zero-order valence-corrected chi connectivity index (χ0v) is 12.3. The second-order valence-corrected chi connectivity index (χ2v) is 6.30. The van der Waals surface area contributed by atoms with Crippen LogP contribution in [0.15, 0.2) is 24.3 Å². The molecule has 100 valence electrons. The maximum absolute atomic E-state index is 5.90. The second-order valence-electron chi connectivity index (χ2n) is 5.86. The van der Waals surface area contributed by atoms with Crippen LogP contribution in [0.1, 0.15) is 45.1 Å². The third-order valence-electron chi connectivity index (χ3n) is 4.02. The maximum Gasteiger partial charge on any atom is 0.0406 e. The molecule has 2 rings (SSSR count). The molecule has 1 aliphatic rings. The predicted octanol–water partition coefficient (Wildman–Crippen LogP) is 4.44. The highest BCUT2D eigenvalue weighted by atomic mass is 35.5. The van der Waals surface area contributed by atoms with Crippen LogP contribution < -0.4 is 5.32 Å². The van der Waals surface area contributed by atoms with Crippen molar-refractivity contribution in [2.75, 3.05) is 6.54 Å². The highest BCUT2D eigenvalue weighted by Gasteiger charge is 2.40. The van der Waals surface area contributed by atoms with Crippen molar-refractivity contribution in [1.29, 1.82) is 0 Å². The molecule has 1 atom stereocenters. The van der Waals surface area contributed by atoms with Gasteiger partial charge in [-0.2, -0.15) is 0 Å². The van der Waals surface area contributed by atoms with Gasteiger partial charge in [0.1, 0.15) is 0 Å². The van der Waals surface area contributed by atoms with Gasteiger partial charge < -0.3 is 5.32 Å². The first-order chi connectivity index (χ1) is 8.63. The lowest BCUT2D eigenvalue weighted by Crippen LogP contribution is -2.33. The van der Waals surface area contributed by atoms with E-state index >= 15 is 0 Å². The molecular formula is C16H24ClN. The topological polar surface area (TPSA) is 12.0 Å². The molecule has 0 bridgehead atoms. The lowest BCUT2D eigenvalue weighted by Gasteiger charge is -2.19. The molecular weight excluding hydrogens is 242 g/mol. The fourth-order valence-corrected chi connectivity index (χ4v) is 2.79. The van der Waals surface area contributed by atoms with E-state index in [1.54, 1.807) is 0 Å².